The van der Waals surface area contributed by atoms with Crippen molar-refractivity contribution in [2.75, 3.05) is 6.61 Å². The van der Waals surface area contributed by atoms with Gasteiger partial charge in [0.25, 0.3) is 10.1 Å². The van der Waals surface area contributed by atoms with Crippen LogP contribution in [0.3, 0.4) is 0 Å². The third-order valence-corrected chi connectivity index (χ3v) is 4.79. The van der Waals surface area contributed by atoms with Gasteiger partial charge in [-0.2, -0.15) is 8.42 Å². The average molecular weight is 326 g/mol. The molecule has 0 unspecified atom stereocenters. The van der Waals surface area contributed by atoms with E-state index in [4.69, 9.17) is 4.18 Å². The molecule has 0 saturated carbocycles. The molecular formula is C17H26O4S. The predicted molar refractivity (Wildman–Crippen MR) is 87.2 cm³/mol. The maximum atomic E-state index is 11.8. The van der Waals surface area contributed by atoms with E-state index in [1.807, 2.05) is 0 Å². The van der Waals surface area contributed by atoms with Gasteiger partial charge in [0, 0.05) is 12.8 Å². The fourth-order valence-electron chi connectivity index (χ4n) is 2.15. The average Bonchev–Trinajstić information content (AvgIpc) is 2.51. The molecule has 1 rings (SSSR count). The van der Waals surface area contributed by atoms with Crippen LogP contribution >= 0.6 is 0 Å². The molecule has 0 spiro atoms. The van der Waals surface area contributed by atoms with Crippen LogP contribution in [0.4, 0.5) is 0 Å². The summed E-state index contributed by atoms with van der Waals surface area (Å²) in [6.07, 6.45) is 7.47. The number of benzene rings is 1. The Kier molecular flexibility index (Phi) is 9.01. The number of carbonyl (C=O) groups excluding carboxylic acids is 1. The summed E-state index contributed by atoms with van der Waals surface area (Å²) in [5, 5.41) is 0. The zero-order valence-electron chi connectivity index (χ0n) is 13.3. The Hall–Kier alpha value is -1.20. The quantitative estimate of drug-likeness (QED) is 0.428. The van der Waals surface area contributed by atoms with Crippen LogP contribution < -0.4 is 0 Å². The third-order valence-electron chi connectivity index (χ3n) is 3.46. The molecule has 124 valence electrons. The van der Waals surface area contributed by atoms with Crippen LogP contribution in [0.25, 0.3) is 0 Å². The van der Waals surface area contributed by atoms with E-state index in [0.717, 1.165) is 12.8 Å². The highest BCUT2D eigenvalue weighted by Gasteiger charge is 2.14. The Labute approximate surface area is 134 Å². The van der Waals surface area contributed by atoms with Gasteiger partial charge < -0.3 is 0 Å². The molecule has 0 aliphatic rings. The first-order valence-corrected chi connectivity index (χ1v) is 9.43. The van der Waals surface area contributed by atoms with Crippen molar-refractivity contribution in [3.05, 3.63) is 30.3 Å². The van der Waals surface area contributed by atoms with E-state index in [0.29, 0.717) is 6.42 Å². The molecule has 0 atom stereocenters. The largest absolute Gasteiger partial charge is 0.300 e. The monoisotopic (exact) mass is 326 g/mol. The van der Waals surface area contributed by atoms with Gasteiger partial charge in [0.1, 0.15) is 5.78 Å². The van der Waals surface area contributed by atoms with Gasteiger partial charge in [-0.05, 0) is 18.6 Å². The first-order valence-electron chi connectivity index (χ1n) is 8.02. The van der Waals surface area contributed by atoms with Crippen molar-refractivity contribution in [1.82, 2.24) is 0 Å². The van der Waals surface area contributed by atoms with E-state index < -0.39 is 10.1 Å². The van der Waals surface area contributed by atoms with Crippen LogP contribution in [0.2, 0.25) is 0 Å². The second-order valence-electron chi connectivity index (χ2n) is 5.40. The summed E-state index contributed by atoms with van der Waals surface area (Å²) in [4.78, 5) is 11.8. The van der Waals surface area contributed by atoms with Gasteiger partial charge in [-0.1, -0.05) is 57.2 Å². The van der Waals surface area contributed by atoms with E-state index in [2.05, 4.69) is 6.92 Å². The number of ketones is 1. The van der Waals surface area contributed by atoms with Gasteiger partial charge in [-0.25, -0.2) is 0 Å². The molecular weight excluding hydrogens is 300 g/mol. The topological polar surface area (TPSA) is 60.4 Å². The molecule has 0 fully saturated rings. The highest BCUT2D eigenvalue weighted by molar-refractivity contribution is 7.86. The van der Waals surface area contributed by atoms with Gasteiger partial charge in [0.15, 0.2) is 0 Å². The van der Waals surface area contributed by atoms with Crippen LogP contribution in [0, 0.1) is 0 Å². The molecule has 5 heteroatoms. The lowest BCUT2D eigenvalue weighted by molar-refractivity contribution is -0.119. The number of unbranched alkanes of at least 4 members (excludes halogenated alkanes) is 5. The van der Waals surface area contributed by atoms with Crippen molar-refractivity contribution in [3.8, 4) is 0 Å². The molecule has 0 heterocycles. The molecule has 0 N–H and O–H groups in total. The summed E-state index contributed by atoms with van der Waals surface area (Å²) >= 11 is 0. The Morgan fingerprint density at radius 2 is 1.59 bits per heavy atom. The minimum atomic E-state index is -3.74. The summed E-state index contributed by atoms with van der Waals surface area (Å²) in [6, 6.07) is 7.98. The van der Waals surface area contributed by atoms with Crippen molar-refractivity contribution in [2.45, 2.75) is 63.2 Å². The standard InChI is InChI=1S/C17H26O4S/c1-2-3-4-5-6-8-11-16(18)14-15-21-22(19,20)17-12-9-7-10-13-17/h7,9-10,12-13H,2-6,8,11,14-15H2,1H3. The highest BCUT2D eigenvalue weighted by Crippen LogP contribution is 2.12. The molecule has 4 nitrogen and oxygen atoms in total. The number of carbonyl (C=O) groups is 1. The molecule has 1 aromatic carbocycles. The maximum Gasteiger partial charge on any atom is 0.296 e. The lowest BCUT2D eigenvalue weighted by Crippen LogP contribution is -2.10. The number of rotatable bonds is 12. The summed E-state index contributed by atoms with van der Waals surface area (Å²) in [5.74, 6) is 0.0683. The molecule has 0 bridgehead atoms. The fraction of sp³-hybridized carbons (Fsp3) is 0.588. The summed E-state index contributed by atoms with van der Waals surface area (Å²) in [7, 11) is -3.74. The molecule has 0 saturated heterocycles. The second-order valence-corrected chi connectivity index (χ2v) is 7.01. The van der Waals surface area contributed by atoms with Crippen LogP contribution in [0.1, 0.15) is 58.3 Å². The maximum absolute atomic E-state index is 11.8. The molecule has 22 heavy (non-hydrogen) atoms. The van der Waals surface area contributed by atoms with Crippen molar-refractivity contribution in [1.29, 1.82) is 0 Å². The van der Waals surface area contributed by atoms with Gasteiger partial charge in [0.2, 0.25) is 0 Å². The normalized spacial score (nSPS) is 11.5. The Bertz CT molecular complexity index is 523. The minimum absolute atomic E-state index is 0.0683. The molecule has 0 aromatic heterocycles. The molecule has 0 amide bonds. The van der Waals surface area contributed by atoms with E-state index in [9.17, 15) is 13.2 Å². The van der Waals surface area contributed by atoms with Crippen LogP contribution in [-0.2, 0) is 19.1 Å². The Morgan fingerprint density at radius 3 is 2.27 bits per heavy atom. The summed E-state index contributed by atoms with van der Waals surface area (Å²) < 4.78 is 28.6. The highest BCUT2D eigenvalue weighted by atomic mass is 32.2. The first-order chi connectivity index (χ1) is 10.6. The zero-order chi connectivity index (χ0) is 16.3. The van der Waals surface area contributed by atoms with Gasteiger partial charge >= 0.3 is 0 Å². The van der Waals surface area contributed by atoms with Crippen LogP contribution in [0.5, 0.6) is 0 Å². The SMILES string of the molecule is CCCCCCCCC(=O)CCOS(=O)(=O)c1ccccc1. The molecule has 0 aliphatic carbocycles. The van der Waals surface area contributed by atoms with E-state index in [1.165, 1.54) is 37.8 Å². The molecule has 1 aromatic rings. The van der Waals surface area contributed by atoms with Crippen molar-refractivity contribution in [2.24, 2.45) is 0 Å². The van der Waals surface area contributed by atoms with E-state index in [1.54, 1.807) is 18.2 Å². The lowest BCUT2D eigenvalue weighted by Gasteiger charge is -2.05. The van der Waals surface area contributed by atoms with Crippen molar-refractivity contribution >= 4 is 15.9 Å². The number of hydrogen-bond acceptors (Lipinski definition) is 4. The zero-order valence-corrected chi connectivity index (χ0v) is 14.1. The fourth-order valence-corrected chi connectivity index (χ4v) is 3.08. The molecule has 0 aliphatic heterocycles. The Morgan fingerprint density at radius 1 is 0.955 bits per heavy atom. The van der Waals surface area contributed by atoms with Gasteiger partial charge in [-0.15, -0.1) is 0 Å². The van der Waals surface area contributed by atoms with Crippen molar-refractivity contribution < 1.29 is 17.4 Å². The summed E-state index contributed by atoms with van der Waals surface area (Å²) in [6.45, 7) is 2.10. The lowest BCUT2D eigenvalue weighted by atomic mass is 10.1. The third kappa shape index (κ3) is 7.71. The van der Waals surface area contributed by atoms with Crippen molar-refractivity contribution in [3.63, 3.8) is 0 Å². The van der Waals surface area contributed by atoms with Crippen LogP contribution in [0.15, 0.2) is 35.2 Å². The Balaban J connectivity index is 2.17. The molecule has 0 radical (unpaired) electrons. The van der Waals surface area contributed by atoms with E-state index >= 15 is 0 Å². The smallest absolute Gasteiger partial charge is 0.296 e. The van der Waals surface area contributed by atoms with Gasteiger partial charge in [-0.3, -0.25) is 8.98 Å². The summed E-state index contributed by atoms with van der Waals surface area (Å²) in [5.41, 5.74) is 0. The predicted octanol–water partition coefficient (Wildman–Crippen LogP) is 4.10. The van der Waals surface area contributed by atoms with E-state index in [-0.39, 0.29) is 23.7 Å². The number of hydrogen-bond donors (Lipinski definition) is 0. The van der Waals surface area contributed by atoms with Crippen LogP contribution in [-0.4, -0.2) is 20.8 Å². The first kappa shape index (κ1) is 18.8. The second kappa shape index (κ2) is 10.5. The minimum Gasteiger partial charge on any atom is -0.300 e. The number of Topliss-reactive ketones (excluding diaryl/α,β-unsaturated/α-hetero) is 1. The van der Waals surface area contributed by atoms with Gasteiger partial charge in [0.05, 0.1) is 11.5 Å².